The Morgan fingerprint density at radius 3 is 2.50 bits per heavy atom. The van der Waals surface area contributed by atoms with Crippen LogP contribution < -0.4 is 10.6 Å². The second kappa shape index (κ2) is 9.03. The fourth-order valence-corrected chi connectivity index (χ4v) is 3.12. The van der Waals surface area contributed by atoms with Gasteiger partial charge in [0, 0.05) is 20.1 Å². The van der Waals surface area contributed by atoms with Crippen LogP contribution in [0.4, 0.5) is 4.79 Å². The zero-order valence-corrected chi connectivity index (χ0v) is 14.5. The van der Waals surface area contributed by atoms with E-state index >= 15 is 0 Å². The molecule has 1 aliphatic carbocycles. The van der Waals surface area contributed by atoms with Crippen molar-refractivity contribution in [1.29, 1.82) is 0 Å². The van der Waals surface area contributed by atoms with E-state index in [9.17, 15) is 14.7 Å². The van der Waals surface area contributed by atoms with E-state index in [2.05, 4.69) is 10.6 Å². The smallest absolute Gasteiger partial charge is 0.315 e. The first-order chi connectivity index (χ1) is 11.5. The number of hydrogen-bond acceptors (Lipinski definition) is 4. The predicted molar refractivity (Wildman–Crippen MR) is 90.5 cm³/mol. The van der Waals surface area contributed by atoms with E-state index in [4.69, 9.17) is 4.74 Å². The number of nitrogens with zero attached hydrogens (tertiary/aromatic N) is 1. The highest BCUT2D eigenvalue weighted by molar-refractivity contribution is 5.76. The van der Waals surface area contributed by atoms with E-state index in [0.29, 0.717) is 0 Å². The monoisotopic (exact) mass is 339 g/mol. The first-order valence-corrected chi connectivity index (χ1v) is 8.71. The zero-order chi connectivity index (χ0) is 17.5. The van der Waals surface area contributed by atoms with Crippen molar-refractivity contribution in [3.63, 3.8) is 0 Å². The van der Waals surface area contributed by atoms with Gasteiger partial charge in [0.25, 0.3) is 0 Å². The molecule has 1 fully saturated rings. The topological polar surface area (TPSA) is 90.9 Å². The number of rotatable bonds is 5. The number of aliphatic hydroxyl groups excluding tert-OH is 1. The Hall–Kier alpha value is -1.60. The van der Waals surface area contributed by atoms with E-state index < -0.39 is 12.1 Å². The van der Waals surface area contributed by atoms with Gasteiger partial charge in [-0.05, 0) is 12.8 Å². The highest BCUT2D eigenvalue weighted by Crippen LogP contribution is 2.18. The highest BCUT2D eigenvalue weighted by atomic mass is 16.5. The van der Waals surface area contributed by atoms with Crippen molar-refractivity contribution in [3.8, 4) is 0 Å². The first-order valence-electron chi connectivity index (χ1n) is 8.71. The molecule has 136 valence electrons. The summed E-state index contributed by atoms with van der Waals surface area (Å²) in [5, 5.41) is 15.4. The zero-order valence-electron chi connectivity index (χ0n) is 14.5. The van der Waals surface area contributed by atoms with Crippen LogP contribution >= 0.6 is 0 Å². The van der Waals surface area contributed by atoms with Crippen LogP contribution in [0.5, 0.6) is 0 Å². The van der Waals surface area contributed by atoms with Crippen molar-refractivity contribution in [3.05, 3.63) is 12.2 Å². The van der Waals surface area contributed by atoms with E-state index in [1.165, 1.54) is 11.3 Å². The molecule has 0 spiro atoms. The highest BCUT2D eigenvalue weighted by Gasteiger charge is 2.29. The molecular formula is C17H29N3O4. The minimum absolute atomic E-state index is 0.0391. The molecule has 0 saturated heterocycles. The molecule has 24 heavy (non-hydrogen) atoms. The van der Waals surface area contributed by atoms with Crippen LogP contribution in [0.15, 0.2) is 12.2 Å². The van der Waals surface area contributed by atoms with Gasteiger partial charge in [-0.1, -0.05) is 31.4 Å². The number of carbonyl (C=O) groups is 2. The number of ether oxygens (including phenoxy) is 1. The number of amides is 3. The lowest BCUT2D eigenvalue weighted by atomic mass is 9.96. The molecule has 0 aromatic heterocycles. The van der Waals surface area contributed by atoms with Crippen LogP contribution in [0.25, 0.3) is 0 Å². The Morgan fingerprint density at radius 2 is 1.88 bits per heavy atom. The lowest BCUT2D eigenvalue weighted by Crippen LogP contribution is -2.53. The van der Waals surface area contributed by atoms with Crippen molar-refractivity contribution >= 4 is 11.9 Å². The van der Waals surface area contributed by atoms with Gasteiger partial charge < -0.3 is 25.4 Å². The van der Waals surface area contributed by atoms with Crippen LogP contribution in [-0.2, 0) is 9.53 Å². The van der Waals surface area contributed by atoms with Crippen molar-refractivity contribution in [1.82, 2.24) is 15.5 Å². The summed E-state index contributed by atoms with van der Waals surface area (Å²) in [6, 6.07) is -0.406. The van der Waals surface area contributed by atoms with Crippen LogP contribution in [0.1, 0.15) is 38.5 Å². The van der Waals surface area contributed by atoms with E-state index in [-0.39, 0.29) is 37.1 Å². The Balaban J connectivity index is 1.85. The summed E-state index contributed by atoms with van der Waals surface area (Å²) in [7, 11) is 3.39. The van der Waals surface area contributed by atoms with Crippen LogP contribution in [0.3, 0.4) is 0 Å². The van der Waals surface area contributed by atoms with Gasteiger partial charge in [-0.2, -0.15) is 0 Å². The molecule has 2 rings (SSSR count). The Bertz CT molecular complexity index is 461. The standard InChI is InChI=1S/C17H29N3O4/c1-20(2)16(22)10-13-8-9-14(15(11-21)24-13)19-17(23)18-12-6-4-3-5-7-12/h8-9,12-15,21H,3-7,10-11H2,1-2H3,(H2,18,19,23)/t13-,14-,15+/m1/s1. The molecule has 0 bridgehead atoms. The molecule has 0 aromatic rings. The quantitative estimate of drug-likeness (QED) is 0.646. The maximum Gasteiger partial charge on any atom is 0.315 e. The fourth-order valence-electron chi connectivity index (χ4n) is 3.12. The van der Waals surface area contributed by atoms with E-state index in [0.717, 1.165) is 25.7 Å². The summed E-state index contributed by atoms with van der Waals surface area (Å²) < 4.78 is 5.73. The third-order valence-electron chi connectivity index (χ3n) is 4.58. The lowest BCUT2D eigenvalue weighted by Gasteiger charge is -2.32. The minimum Gasteiger partial charge on any atom is -0.394 e. The predicted octanol–water partition coefficient (Wildman–Crippen LogP) is 0.781. The molecule has 2 aliphatic rings. The normalized spacial score (nSPS) is 27.5. The van der Waals surface area contributed by atoms with Crippen molar-refractivity contribution in [2.24, 2.45) is 0 Å². The summed E-state index contributed by atoms with van der Waals surface area (Å²) in [5.41, 5.74) is 0. The molecule has 1 heterocycles. The Morgan fingerprint density at radius 1 is 1.17 bits per heavy atom. The van der Waals surface area contributed by atoms with Crippen molar-refractivity contribution < 1.29 is 19.4 Å². The molecule has 1 aliphatic heterocycles. The van der Waals surface area contributed by atoms with Gasteiger partial charge in [0.05, 0.1) is 25.2 Å². The number of hydrogen-bond donors (Lipinski definition) is 3. The molecule has 7 nitrogen and oxygen atoms in total. The molecule has 3 atom stereocenters. The third-order valence-corrected chi connectivity index (χ3v) is 4.58. The molecule has 0 unspecified atom stereocenters. The number of nitrogens with one attached hydrogen (secondary N) is 2. The summed E-state index contributed by atoms with van der Waals surface area (Å²) in [6.07, 6.45) is 8.45. The molecule has 3 N–H and O–H groups in total. The summed E-state index contributed by atoms with van der Waals surface area (Å²) in [4.78, 5) is 25.4. The molecule has 1 saturated carbocycles. The SMILES string of the molecule is CN(C)C(=O)C[C@H]1C=C[C@@H](NC(=O)NC2CCCCC2)[C@H](CO)O1. The average molecular weight is 339 g/mol. The van der Waals surface area contributed by atoms with Crippen molar-refractivity contribution in [2.45, 2.75) is 62.8 Å². The van der Waals surface area contributed by atoms with Gasteiger partial charge in [-0.3, -0.25) is 4.79 Å². The molecular weight excluding hydrogens is 310 g/mol. The third kappa shape index (κ3) is 5.49. The summed E-state index contributed by atoms with van der Waals surface area (Å²) >= 11 is 0. The number of carbonyl (C=O) groups excluding carboxylic acids is 2. The van der Waals surface area contributed by atoms with Crippen LogP contribution in [0.2, 0.25) is 0 Å². The van der Waals surface area contributed by atoms with Gasteiger partial charge in [-0.25, -0.2) is 4.79 Å². The van der Waals surface area contributed by atoms with Gasteiger partial charge in [0.1, 0.15) is 6.10 Å². The van der Waals surface area contributed by atoms with Gasteiger partial charge >= 0.3 is 6.03 Å². The lowest BCUT2D eigenvalue weighted by molar-refractivity contribution is -0.132. The van der Waals surface area contributed by atoms with Gasteiger partial charge in [0.2, 0.25) is 5.91 Å². The Kier molecular flexibility index (Phi) is 7.05. The fraction of sp³-hybridized carbons (Fsp3) is 0.765. The van der Waals surface area contributed by atoms with Gasteiger partial charge in [-0.15, -0.1) is 0 Å². The maximum atomic E-state index is 12.1. The Labute approximate surface area is 143 Å². The average Bonchev–Trinajstić information content (AvgIpc) is 2.56. The molecule has 3 amide bonds. The first kappa shape index (κ1) is 18.7. The van der Waals surface area contributed by atoms with Crippen LogP contribution in [0, 0.1) is 0 Å². The van der Waals surface area contributed by atoms with Crippen LogP contribution in [-0.4, -0.2) is 66.9 Å². The molecule has 0 aromatic carbocycles. The van der Waals surface area contributed by atoms with E-state index in [1.54, 1.807) is 26.2 Å². The number of aliphatic hydroxyl groups is 1. The largest absolute Gasteiger partial charge is 0.394 e. The second-order valence-corrected chi connectivity index (χ2v) is 6.75. The molecule has 7 heteroatoms. The minimum atomic E-state index is -0.549. The number of urea groups is 1. The summed E-state index contributed by atoms with van der Waals surface area (Å²) in [6.45, 7) is -0.217. The van der Waals surface area contributed by atoms with E-state index in [1.807, 2.05) is 0 Å². The second-order valence-electron chi connectivity index (χ2n) is 6.75. The molecule has 0 radical (unpaired) electrons. The maximum absolute atomic E-state index is 12.1. The van der Waals surface area contributed by atoms with Gasteiger partial charge in [0.15, 0.2) is 0 Å². The summed E-state index contributed by atoms with van der Waals surface area (Å²) in [5.74, 6) is -0.0391. The van der Waals surface area contributed by atoms with Crippen molar-refractivity contribution in [2.75, 3.05) is 20.7 Å².